The smallest absolute Gasteiger partial charge is 0.311 e. The van der Waals surface area contributed by atoms with E-state index < -0.39 is 27.4 Å². The van der Waals surface area contributed by atoms with Gasteiger partial charge in [0.05, 0.1) is 23.2 Å². The predicted octanol–water partition coefficient (Wildman–Crippen LogP) is 2.54. The molecular weight excluding hydrogens is 440 g/mol. The van der Waals surface area contributed by atoms with Crippen molar-refractivity contribution in [2.75, 3.05) is 26.3 Å². The Morgan fingerprint density at radius 2 is 1.91 bits per heavy atom. The molecule has 4 aliphatic rings. The third kappa shape index (κ3) is 4.03. The molecule has 0 aromatic rings. The molecule has 33 heavy (non-hydrogen) atoms. The average Bonchev–Trinajstić information content (AvgIpc) is 3.10. The topological polar surface area (TPSA) is 87.2 Å². The second-order valence-electron chi connectivity index (χ2n) is 10.0. The summed E-state index contributed by atoms with van der Waals surface area (Å²) in [5.41, 5.74) is 0. The van der Waals surface area contributed by atoms with Crippen LogP contribution in [0.5, 0.6) is 0 Å². The molecule has 4 heterocycles. The van der Waals surface area contributed by atoms with Crippen molar-refractivity contribution in [2.45, 2.75) is 74.5 Å². The number of carbonyl (C=O) groups excluding carboxylic acids is 3. The molecule has 0 saturated carbocycles. The lowest BCUT2D eigenvalue weighted by Crippen LogP contribution is -2.54. The Bertz CT molecular complexity index is 858. The molecule has 2 fully saturated rings. The Hall–Kier alpha value is -1.80. The largest absolute Gasteiger partial charge is 0.465 e. The Kier molecular flexibility index (Phi) is 6.97. The fourth-order valence-corrected chi connectivity index (χ4v) is 8.08. The summed E-state index contributed by atoms with van der Waals surface area (Å²) in [6.07, 6.45) is 11.9. The van der Waals surface area contributed by atoms with Crippen LogP contribution in [0.2, 0.25) is 0 Å². The summed E-state index contributed by atoms with van der Waals surface area (Å²) in [6.45, 7) is 7.39. The van der Waals surface area contributed by atoms with E-state index in [0.29, 0.717) is 32.5 Å². The number of carbonyl (C=O) groups is 3. The number of fused-ring (bicyclic) bond motifs is 2. The normalized spacial score (nSPS) is 37.1. The SMILES string of the molecule is CC(C)N1CC=C[C@]23S[C@@]4(C)/C=C\CCCOC(=O)[C@H]4[C@H]2C(=O)N(CCCCCO)C3C1=O. The zero-order valence-electron chi connectivity index (χ0n) is 19.9. The zero-order chi connectivity index (χ0) is 23.8. The number of amides is 2. The summed E-state index contributed by atoms with van der Waals surface area (Å²) in [7, 11) is 0. The number of aliphatic hydroxyl groups excluding tert-OH is 1. The van der Waals surface area contributed by atoms with Crippen LogP contribution in [-0.4, -0.2) is 80.6 Å². The number of rotatable bonds is 6. The van der Waals surface area contributed by atoms with E-state index in [0.717, 1.165) is 19.3 Å². The second-order valence-corrected chi connectivity index (χ2v) is 11.8. The van der Waals surface area contributed by atoms with Gasteiger partial charge in [0.1, 0.15) is 6.04 Å². The highest BCUT2D eigenvalue weighted by molar-refractivity contribution is 8.02. The molecular formula is C25H36N2O5S. The van der Waals surface area contributed by atoms with E-state index in [9.17, 15) is 14.4 Å². The lowest BCUT2D eigenvalue weighted by Gasteiger charge is -2.37. The van der Waals surface area contributed by atoms with Crippen LogP contribution in [0.15, 0.2) is 24.3 Å². The number of hydrogen-bond donors (Lipinski definition) is 1. The van der Waals surface area contributed by atoms with Crippen molar-refractivity contribution in [3.63, 3.8) is 0 Å². The van der Waals surface area contributed by atoms with Crippen LogP contribution >= 0.6 is 11.8 Å². The van der Waals surface area contributed by atoms with Crippen LogP contribution in [0, 0.1) is 11.8 Å². The minimum Gasteiger partial charge on any atom is -0.465 e. The molecule has 1 unspecified atom stereocenters. The van der Waals surface area contributed by atoms with Crippen LogP contribution in [0.25, 0.3) is 0 Å². The van der Waals surface area contributed by atoms with E-state index in [4.69, 9.17) is 9.84 Å². The van der Waals surface area contributed by atoms with Gasteiger partial charge in [-0.2, -0.15) is 0 Å². The number of thioether (sulfide) groups is 1. The highest BCUT2D eigenvalue weighted by atomic mass is 32.2. The van der Waals surface area contributed by atoms with Gasteiger partial charge in [0.25, 0.3) is 0 Å². The fraction of sp³-hybridized carbons (Fsp3) is 0.720. The van der Waals surface area contributed by atoms with Crippen LogP contribution in [-0.2, 0) is 19.1 Å². The molecule has 0 bridgehead atoms. The van der Waals surface area contributed by atoms with Gasteiger partial charge in [-0.25, -0.2) is 0 Å². The van der Waals surface area contributed by atoms with Crippen molar-refractivity contribution in [1.82, 2.24) is 9.80 Å². The first-order valence-corrected chi connectivity index (χ1v) is 13.0. The minimum atomic E-state index is -0.809. The standard InChI is InChI=1S/C25H36N2O5S/c1-17(2)26-14-10-12-25-18(19-23(31)32-16-9-4-6-11-24(19,3)33-25)21(29)27(20(25)22(26)30)13-7-5-8-15-28/h6,10-12,17-20,28H,4-5,7-9,13-16H2,1-3H3/b11-6-/t18-,19+,20?,24-,25-/m0/s1. The molecule has 2 saturated heterocycles. The van der Waals surface area contributed by atoms with Gasteiger partial charge < -0.3 is 19.6 Å². The average molecular weight is 477 g/mol. The van der Waals surface area contributed by atoms with Gasteiger partial charge in [0, 0.05) is 30.5 Å². The highest BCUT2D eigenvalue weighted by Crippen LogP contribution is 2.65. The molecule has 8 heteroatoms. The Morgan fingerprint density at radius 1 is 1.12 bits per heavy atom. The van der Waals surface area contributed by atoms with Gasteiger partial charge in [-0.15, -0.1) is 11.8 Å². The molecule has 4 aliphatic heterocycles. The first-order valence-electron chi connectivity index (χ1n) is 12.2. The quantitative estimate of drug-likeness (QED) is 0.360. The van der Waals surface area contributed by atoms with Crippen molar-refractivity contribution in [3.8, 4) is 0 Å². The van der Waals surface area contributed by atoms with E-state index in [1.165, 1.54) is 0 Å². The Morgan fingerprint density at radius 3 is 2.64 bits per heavy atom. The van der Waals surface area contributed by atoms with E-state index in [1.54, 1.807) is 16.7 Å². The number of unbranched alkanes of at least 4 members (excludes halogenated alkanes) is 2. The van der Waals surface area contributed by atoms with Crippen molar-refractivity contribution >= 4 is 29.5 Å². The first-order chi connectivity index (χ1) is 15.8. The van der Waals surface area contributed by atoms with Crippen LogP contribution in [0.4, 0.5) is 0 Å². The molecule has 5 atom stereocenters. The van der Waals surface area contributed by atoms with E-state index in [1.807, 2.05) is 37.8 Å². The summed E-state index contributed by atoms with van der Waals surface area (Å²) in [4.78, 5) is 44.8. The Balaban J connectivity index is 1.80. The maximum Gasteiger partial charge on any atom is 0.311 e. The van der Waals surface area contributed by atoms with Gasteiger partial charge in [-0.1, -0.05) is 24.3 Å². The monoisotopic (exact) mass is 476 g/mol. The Labute approximate surface area is 200 Å². The number of cyclic esters (lactones) is 1. The lowest BCUT2D eigenvalue weighted by atomic mass is 9.74. The molecule has 2 amide bonds. The number of likely N-dealkylation sites (tertiary alicyclic amines) is 1. The van der Waals surface area contributed by atoms with Crippen LogP contribution < -0.4 is 0 Å². The zero-order valence-corrected chi connectivity index (χ0v) is 20.7. The summed E-state index contributed by atoms with van der Waals surface area (Å²) < 4.78 is 4.20. The van der Waals surface area contributed by atoms with Crippen molar-refractivity contribution in [1.29, 1.82) is 0 Å². The van der Waals surface area contributed by atoms with Gasteiger partial charge in [0.15, 0.2) is 0 Å². The summed E-state index contributed by atoms with van der Waals surface area (Å²) >= 11 is 1.59. The van der Waals surface area contributed by atoms with E-state index in [2.05, 4.69) is 12.2 Å². The molecule has 0 radical (unpaired) electrons. The molecule has 1 N–H and O–H groups in total. The van der Waals surface area contributed by atoms with Gasteiger partial charge in [-0.3, -0.25) is 14.4 Å². The second kappa shape index (κ2) is 9.45. The van der Waals surface area contributed by atoms with Crippen LogP contribution in [0.1, 0.15) is 52.9 Å². The number of aliphatic hydroxyl groups is 1. The number of nitrogens with zero attached hydrogens (tertiary/aromatic N) is 2. The number of ether oxygens (including phenoxy) is 1. The lowest BCUT2D eigenvalue weighted by molar-refractivity contribution is -0.154. The summed E-state index contributed by atoms with van der Waals surface area (Å²) in [5.74, 6) is -1.79. The predicted molar refractivity (Wildman–Crippen MR) is 127 cm³/mol. The molecule has 0 aromatic heterocycles. The molecule has 0 aromatic carbocycles. The third-order valence-electron chi connectivity index (χ3n) is 7.46. The number of allylic oxidation sites excluding steroid dienone is 1. The van der Waals surface area contributed by atoms with Gasteiger partial charge in [0.2, 0.25) is 11.8 Å². The maximum absolute atomic E-state index is 14.0. The van der Waals surface area contributed by atoms with Crippen molar-refractivity contribution in [3.05, 3.63) is 24.3 Å². The van der Waals surface area contributed by atoms with Crippen molar-refractivity contribution in [2.24, 2.45) is 11.8 Å². The third-order valence-corrected chi connectivity index (χ3v) is 9.26. The van der Waals surface area contributed by atoms with Crippen molar-refractivity contribution < 1.29 is 24.2 Å². The summed E-state index contributed by atoms with van der Waals surface area (Å²) in [6, 6.07) is -0.643. The molecule has 0 aliphatic carbocycles. The molecule has 4 rings (SSSR count). The molecule has 182 valence electrons. The fourth-order valence-electron chi connectivity index (χ4n) is 5.93. The molecule has 7 nitrogen and oxygen atoms in total. The van der Waals surface area contributed by atoms with E-state index >= 15 is 0 Å². The van der Waals surface area contributed by atoms with Gasteiger partial charge >= 0.3 is 5.97 Å². The number of hydrogen-bond acceptors (Lipinski definition) is 6. The van der Waals surface area contributed by atoms with E-state index in [-0.39, 0.29) is 30.4 Å². The van der Waals surface area contributed by atoms with Crippen LogP contribution in [0.3, 0.4) is 0 Å². The minimum absolute atomic E-state index is 0.00623. The van der Waals surface area contributed by atoms with Gasteiger partial charge in [-0.05, 0) is 52.9 Å². The summed E-state index contributed by atoms with van der Waals surface area (Å²) in [5, 5.41) is 9.15. The maximum atomic E-state index is 14.0. The molecule has 1 spiro atoms. The number of esters is 1. The highest BCUT2D eigenvalue weighted by Gasteiger charge is 2.73. The first kappa shape index (κ1) is 24.3.